The average molecular weight is 551 g/mol. The van der Waals surface area contributed by atoms with Gasteiger partial charge in [-0.1, -0.05) is 168 Å². The first-order valence-electron chi connectivity index (χ1n) is 16.6. The number of hydrogen-bond acceptors (Lipinski definition) is 4. The van der Waals surface area contributed by atoms with Gasteiger partial charge in [0.25, 0.3) is 0 Å². The molecule has 0 aliphatic carbocycles. The van der Waals surface area contributed by atoms with Crippen molar-refractivity contribution >= 4 is 11.9 Å². The second-order valence-corrected chi connectivity index (χ2v) is 11.1. The Morgan fingerprint density at radius 2 is 0.795 bits per heavy atom. The molecule has 230 valence electrons. The van der Waals surface area contributed by atoms with Gasteiger partial charge in [-0.15, -0.1) is 0 Å². The van der Waals surface area contributed by atoms with Crippen LogP contribution in [-0.4, -0.2) is 25.2 Å². The van der Waals surface area contributed by atoms with Gasteiger partial charge >= 0.3 is 11.9 Å². The summed E-state index contributed by atoms with van der Waals surface area (Å²) in [6.45, 7) is 14.2. The fraction of sp³-hybridized carbons (Fsp3) is 0.829. The van der Waals surface area contributed by atoms with Crippen molar-refractivity contribution in [3.8, 4) is 0 Å². The second-order valence-electron chi connectivity index (χ2n) is 11.1. The molecule has 0 aromatic heterocycles. The van der Waals surface area contributed by atoms with Crippen molar-refractivity contribution in [2.75, 3.05) is 13.2 Å². The minimum atomic E-state index is -0.300. The highest BCUT2D eigenvalue weighted by Gasteiger charge is 2.01. The van der Waals surface area contributed by atoms with Crippen molar-refractivity contribution in [2.24, 2.45) is 0 Å². The van der Waals surface area contributed by atoms with Gasteiger partial charge in [0.15, 0.2) is 0 Å². The van der Waals surface area contributed by atoms with E-state index in [2.05, 4.69) is 27.0 Å². The largest absolute Gasteiger partial charge is 0.463 e. The Bertz CT molecular complexity index is 555. The van der Waals surface area contributed by atoms with E-state index in [-0.39, 0.29) is 11.9 Å². The molecule has 4 nitrogen and oxygen atoms in total. The normalized spacial score (nSPS) is 10.4. The lowest BCUT2D eigenvalue weighted by atomic mass is 10.0. The Morgan fingerprint density at radius 1 is 0.513 bits per heavy atom. The number of carbonyl (C=O) groups is 2. The smallest absolute Gasteiger partial charge is 0.333 e. The lowest BCUT2D eigenvalue weighted by molar-refractivity contribution is -0.139. The molecule has 0 bridgehead atoms. The zero-order chi connectivity index (χ0) is 29.2. The molecule has 39 heavy (non-hydrogen) atoms. The molecule has 0 aromatic rings. The first kappa shape index (κ1) is 39.6. The fourth-order valence-electron chi connectivity index (χ4n) is 4.41. The first-order valence-corrected chi connectivity index (χ1v) is 16.6. The Kier molecular flexibility index (Phi) is 34.9. The number of hydrogen-bond donors (Lipinski definition) is 0. The summed E-state index contributed by atoms with van der Waals surface area (Å²) in [6.07, 6.45) is 33.1. The van der Waals surface area contributed by atoms with Crippen LogP contribution < -0.4 is 0 Å². The van der Waals surface area contributed by atoms with E-state index in [9.17, 15) is 9.59 Å². The Morgan fingerprint density at radius 3 is 1.08 bits per heavy atom. The molecule has 0 rings (SSSR count). The molecule has 0 aliphatic heterocycles. The quantitative estimate of drug-likeness (QED) is 0.0552. The summed E-state index contributed by atoms with van der Waals surface area (Å²) < 4.78 is 9.96. The van der Waals surface area contributed by atoms with Gasteiger partial charge in [0.1, 0.15) is 0 Å². The molecule has 0 heterocycles. The molecule has 0 saturated carbocycles. The van der Waals surface area contributed by atoms with Crippen LogP contribution in [0.3, 0.4) is 0 Å². The monoisotopic (exact) mass is 550 g/mol. The summed E-state index contributed by atoms with van der Waals surface area (Å²) >= 11 is 0. The molecule has 0 unspecified atom stereocenters. The predicted molar refractivity (Wildman–Crippen MR) is 169 cm³/mol. The Hall–Kier alpha value is -1.58. The summed E-state index contributed by atoms with van der Waals surface area (Å²) in [7, 11) is 0. The minimum absolute atomic E-state index is 0.261. The van der Waals surface area contributed by atoms with E-state index >= 15 is 0 Å². The van der Waals surface area contributed by atoms with Gasteiger partial charge in [-0.3, -0.25) is 0 Å². The SMILES string of the molecule is C=C(C)C(=O)OCCCCCCCCCC.C=CC(=O)OCCCCCCCCCCCCCCCCCC. The number of ether oxygens (including phenoxy) is 2. The molecule has 0 radical (unpaired) electrons. The molecule has 0 spiro atoms. The number of esters is 2. The molecule has 4 heteroatoms. The van der Waals surface area contributed by atoms with Crippen LogP contribution in [0.4, 0.5) is 0 Å². The highest BCUT2D eigenvalue weighted by atomic mass is 16.5. The van der Waals surface area contributed by atoms with E-state index in [1.807, 2.05) is 0 Å². The third-order valence-electron chi connectivity index (χ3n) is 6.99. The van der Waals surface area contributed by atoms with Crippen molar-refractivity contribution in [1.82, 2.24) is 0 Å². The summed E-state index contributed by atoms with van der Waals surface area (Å²) in [5, 5.41) is 0. The summed E-state index contributed by atoms with van der Waals surface area (Å²) in [5.41, 5.74) is 0.486. The summed E-state index contributed by atoms with van der Waals surface area (Å²) in [5.74, 6) is -0.561. The second kappa shape index (κ2) is 34.4. The van der Waals surface area contributed by atoms with Crippen LogP contribution >= 0.6 is 0 Å². The van der Waals surface area contributed by atoms with Crippen LogP contribution in [0.2, 0.25) is 0 Å². The van der Waals surface area contributed by atoms with E-state index < -0.39 is 0 Å². The Balaban J connectivity index is 0. The van der Waals surface area contributed by atoms with Gasteiger partial charge in [-0.05, 0) is 19.8 Å². The van der Waals surface area contributed by atoms with E-state index in [4.69, 9.17) is 9.47 Å². The third-order valence-corrected chi connectivity index (χ3v) is 6.99. The molecule has 0 N–H and O–H groups in total. The standard InChI is InChI=1S/C21H40O2.C14H26O2/c1-3-5-6-7-8-9-10-11-12-13-14-15-16-17-18-19-20-23-21(22)4-2;1-4-5-6-7-8-9-10-11-12-16-14(15)13(2)3/h4H,2-3,5-20H2,1H3;2,4-12H2,1,3H3. The Labute approximate surface area is 243 Å². The summed E-state index contributed by atoms with van der Waals surface area (Å²) in [4.78, 5) is 21.9. The van der Waals surface area contributed by atoms with Crippen molar-refractivity contribution in [1.29, 1.82) is 0 Å². The van der Waals surface area contributed by atoms with Crippen LogP contribution in [0.5, 0.6) is 0 Å². The topological polar surface area (TPSA) is 52.6 Å². The van der Waals surface area contributed by atoms with Gasteiger partial charge in [0.05, 0.1) is 13.2 Å². The summed E-state index contributed by atoms with van der Waals surface area (Å²) in [6, 6.07) is 0. The maximum atomic E-state index is 11.0. The molecule has 0 aliphatic rings. The zero-order valence-corrected chi connectivity index (χ0v) is 26.5. The van der Waals surface area contributed by atoms with E-state index in [0.29, 0.717) is 18.8 Å². The molecule has 0 atom stereocenters. The van der Waals surface area contributed by atoms with Crippen molar-refractivity contribution < 1.29 is 19.1 Å². The van der Waals surface area contributed by atoms with E-state index in [1.54, 1.807) is 6.92 Å². The molecule has 0 aromatic carbocycles. The molecular formula is C35H66O4. The van der Waals surface area contributed by atoms with Gasteiger partial charge in [-0.25, -0.2) is 9.59 Å². The maximum Gasteiger partial charge on any atom is 0.333 e. The minimum Gasteiger partial charge on any atom is -0.463 e. The molecule has 0 amide bonds. The van der Waals surface area contributed by atoms with Crippen LogP contribution in [-0.2, 0) is 19.1 Å². The number of carbonyl (C=O) groups excluding carboxylic acids is 2. The average Bonchev–Trinajstić information content (AvgIpc) is 2.93. The van der Waals surface area contributed by atoms with Crippen LogP contribution in [0.25, 0.3) is 0 Å². The van der Waals surface area contributed by atoms with Gasteiger partial charge < -0.3 is 9.47 Å². The molecule has 0 fully saturated rings. The van der Waals surface area contributed by atoms with Crippen LogP contribution in [0, 0.1) is 0 Å². The lowest BCUT2D eigenvalue weighted by Crippen LogP contribution is -2.05. The van der Waals surface area contributed by atoms with Crippen molar-refractivity contribution in [3.63, 3.8) is 0 Å². The maximum absolute atomic E-state index is 11.0. The van der Waals surface area contributed by atoms with Crippen LogP contribution in [0.15, 0.2) is 24.8 Å². The number of unbranched alkanes of at least 4 members (excludes halogenated alkanes) is 22. The lowest BCUT2D eigenvalue weighted by Gasteiger charge is -2.04. The van der Waals surface area contributed by atoms with E-state index in [0.717, 1.165) is 19.3 Å². The van der Waals surface area contributed by atoms with Crippen LogP contribution in [0.1, 0.15) is 175 Å². The van der Waals surface area contributed by atoms with E-state index in [1.165, 1.54) is 141 Å². The third kappa shape index (κ3) is 36.4. The highest BCUT2D eigenvalue weighted by molar-refractivity contribution is 5.86. The highest BCUT2D eigenvalue weighted by Crippen LogP contribution is 2.14. The van der Waals surface area contributed by atoms with Crippen molar-refractivity contribution in [2.45, 2.75) is 175 Å². The molecular weight excluding hydrogens is 484 g/mol. The van der Waals surface area contributed by atoms with Gasteiger partial charge in [-0.2, -0.15) is 0 Å². The predicted octanol–water partition coefficient (Wildman–Crippen LogP) is 11.2. The van der Waals surface area contributed by atoms with Gasteiger partial charge in [0.2, 0.25) is 0 Å². The van der Waals surface area contributed by atoms with Crippen molar-refractivity contribution in [3.05, 3.63) is 24.8 Å². The zero-order valence-electron chi connectivity index (χ0n) is 26.5. The fourth-order valence-corrected chi connectivity index (χ4v) is 4.41. The number of rotatable bonds is 28. The molecule has 0 saturated heterocycles. The first-order chi connectivity index (χ1) is 19.0. The van der Waals surface area contributed by atoms with Gasteiger partial charge in [0, 0.05) is 11.6 Å².